The molecule has 8 heteroatoms. The van der Waals surface area contributed by atoms with Crippen LogP contribution < -0.4 is 9.04 Å². The summed E-state index contributed by atoms with van der Waals surface area (Å²) >= 11 is 1.11. The van der Waals surface area contributed by atoms with Gasteiger partial charge in [-0.2, -0.15) is 8.42 Å². The lowest BCUT2D eigenvalue weighted by molar-refractivity contribution is -0.138. The van der Waals surface area contributed by atoms with E-state index in [0.29, 0.717) is 17.0 Å². The lowest BCUT2D eigenvalue weighted by Crippen LogP contribution is -2.36. The molecule has 0 N–H and O–H groups in total. The topological polar surface area (TPSA) is 72.9 Å². The van der Waals surface area contributed by atoms with E-state index in [2.05, 4.69) is 0 Å². The number of fused-ring (bicyclic) bond motifs is 1. The Morgan fingerprint density at radius 2 is 2.08 bits per heavy atom. The van der Waals surface area contributed by atoms with Crippen LogP contribution in [0.4, 0.5) is 5.69 Å². The smallest absolute Gasteiger partial charge is 0.356 e. The van der Waals surface area contributed by atoms with Gasteiger partial charge in [-0.1, -0.05) is 6.07 Å². The molecule has 1 aliphatic rings. The van der Waals surface area contributed by atoms with Crippen LogP contribution in [0.1, 0.15) is 12.5 Å². The number of methoxy groups -OCH3 is 1. The minimum absolute atomic E-state index is 0.0454. The molecular formula is C16H15NO5S2. The molecule has 0 atom stereocenters. The zero-order chi connectivity index (χ0) is 17.3. The average Bonchev–Trinajstić information content (AvgIpc) is 3.04. The number of esters is 1. The summed E-state index contributed by atoms with van der Waals surface area (Å²) in [5.41, 5.74) is 0.755. The number of benzene rings is 1. The third-order valence-electron chi connectivity index (χ3n) is 3.42. The van der Waals surface area contributed by atoms with Crippen LogP contribution >= 0.6 is 11.3 Å². The second-order valence-corrected chi connectivity index (χ2v) is 7.78. The predicted molar refractivity (Wildman–Crippen MR) is 91.6 cm³/mol. The van der Waals surface area contributed by atoms with E-state index >= 15 is 0 Å². The first-order chi connectivity index (χ1) is 11.5. The fraction of sp³-hybridized carbons (Fsp3) is 0.188. The summed E-state index contributed by atoms with van der Waals surface area (Å²) in [4.78, 5) is 12.3. The number of nitrogens with zero attached hydrogens (tertiary/aromatic N) is 1. The number of carbonyl (C=O) groups excluding carboxylic acids is 1. The van der Waals surface area contributed by atoms with Crippen molar-refractivity contribution < 1.29 is 22.7 Å². The Kier molecular flexibility index (Phi) is 4.33. The molecule has 0 saturated heterocycles. The number of sulfonamides is 1. The van der Waals surface area contributed by atoms with Crippen molar-refractivity contribution >= 4 is 39.1 Å². The lowest BCUT2D eigenvalue weighted by Gasteiger charge is -2.28. The molecule has 0 radical (unpaired) electrons. The molecule has 24 heavy (non-hydrogen) atoms. The fourth-order valence-corrected chi connectivity index (χ4v) is 5.25. The standard InChI is InChI=1S/C16H15NO5S2/c1-3-22-15(18)14-9-11-7-8-23-16(11)24(19,20)17(14)12-5-4-6-13(10-12)21-2/h4-10H,3H2,1-2H3. The van der Waals surface area contributed by atoms with Crippen LogP contribution in [0.5, 0.6) is 5.75 Å². The van der Waals surface area contributed by atoms with Crippen LogP contribution in [0.15, 0.2) is 45.6 Å². The van der Waals surface area contributed by atoms with Crippen molar-refractivity contribution in [2.24, 2.45) is 0 Å². The van der Waals surface area contributed by atoms with Gasteiger partial charge in [0.25, 0.3) is 10.0 Å². The van der Waals surface area contributed by atoms with E-state index in [9.17, 15) is 13.2 Å². The first kappa shape index (κ1) is 16.5. The number of hydrogen-bond donors (Lipinski definition) is 0. The normalized spacial score (nSPS) is 15.4. The van der Waals surface area contributed by atoms with Gasteiger partial charge in [-0.25, -0.2) is 9.10 Å². The van der Waals surface area contributed by atoms with Crippen LogP contribution in [0.3, 0.4) is 0 Å². The van der Waals surface area contributed by atoms with Gasteiger partial charge in [0.1, 0.15) is 15.7 Å². The van der Waals surface area contributed by atoms with Crippen molar-refractivity contribution in [3.8, 4) is 5.75 Å². The van der Waals surface area contributed by atoms with E-state index in [1.54, 1.807) is 42.6 Å². The van der Waals surface area contributed by atoms with Crippen LogP contribution in [0, 0.1) is 0 Å². The number of hydrogen-bond acceptors (Lipinski definition) is 6. The van der Waals surface area contributed by atoms with Crippen molar-refractivity contribution in [1.29, 1.82) is 0 Å². The van der Waals surface area contributed by atoms with Crippen LogP contribution in [0.2, 0.25) is 0 Å². The maximum absolute atomic E-state index is 13.0. The highest BCUT2D eigenvalue weighted by Gasteiger charge is 2.38. The first-order valence-electron chi connectivity index (χ1n) is 7.14. The molecule has 3 rings (SSSR count). The Balaban J connectivity index is 2.21. The average molecular weight is 365 g/mol. The van der Waals surface area contributed by atoms with Crippen LogP contribution in [-0.4, -0.2) is 28.1 Å². The Morgan fingerprint density at radius 3 is 2.79 bits per heavy atom. The summed E-state index contributed by atoms with van der Waals surface area (Å²) in [6.45, 7) is 1.82. The molecule has 0 saturated carbocycles. The van der Waals surface area contributed by atoms with Crippen molar-refractivity contribution in [1.82, 2.24) is 0 Å². The summed E-state index contributed by atoms with van der Waals surface area (Å²) in [5.74, 6) is -0.205. The van der Waals surface area contributed by atoms with Crippen LogP contribution in [0.25, 0.3) is 6.08 Å². The molecule has 0 spiro atoms. The highest BCUT2D eigenvalue weighted by atomic mass is 32.2. The van der Waals surface area contributed by atoms with E-state index in [-0.39, 0.29) is 16.5 Å². The molecule has 0 unspecified atom stereocenters. The maximum Gasteiger partial charge on any atom is 0.356 e. The van der Waals surface area contributed by atoms with Gasteiger partial charge >= 0.3 is 5.97 Å². The Labute approximate surface area is 144 Å². The molecule has 1 aromatic heterocycles. The molecule has 6 nitrogen and oxygen atoms in total. The molecule has 2 heterocycles. The van der Waals surface area contributed by atoms with Crippen LogP contribution in [-0.2, 0) is 19.6 Å². The highest BCUT2D eigenvalue weighted by molar-refractivity contribution is 7.95. The summed E-state index contributed by atoms with van der Waals surface area (Å²) in [5, 5.41) is 1.68. The summed E-state index contributed by atoms with van der Waals surface area (Å²) < 4.78 is 37.5. The van der Waals surface area contributed by atoms with E-state index < -0.39 is 16.0 Å². The highest BCUT2D eigenvalue weighted by Crippen LogP contribution is 2.39. The van der Waals surface area contributed by atoms with Gasteiger partial charge in [0.15, 0.2) is 0 Å². The number of anilines is 1. The zero-order valence-corrected chi connectivity index (χ0v) is 14.7. The maximum atomic E-state index is 13.0. The molecule has 0 aliphatic carbocycles. The quantitative estimate of drug-likeness (QED) is 0.779. The predicted octanol–water partition coefficient (Wildman–Crippen LogP) is 2.87. The van der Waals surface area contributed by atoms with Gasteiger partial charge in [-0.3, -0.25) is 0 Å². The first-order valence-corrected chi connectivity index (χ1v) is 9.46. The Morgan fingerprint density at radius 1 is 1.29 bits per heavy atom. The minimum Gasteiger partial charge on any atom is -0.497 e. The monoisotopic (exact) mass is 365 g/mol. The SMILES string of the molecule is CCOC(=O)C1=Cc2ccsc2S(=O)(=O)N1c1cccc(OC)c1. The van der Waals surface area contributed by atoms with E-state index in [1.807, 2.05) is 0 Å². The number of thiophene rings is 1. The molecule has 1 aromatic carbocycles. The van der Waals surface area contributed by atoms with Gasteiger partial charge in [-0.15, -0.1) is 11.3 Å². The molecule has 126 valence electrons. The van der Waals surface area contributed by atoms with Gasteiger partial charge in [0.05, 0.1) is 19.4 Å². The third-order valence-corrected chi connectivity index (χ3v) is 6.65. The molecular weight excluding hydrogens is 350 g/mol. The largest absolute Gasteiger partial charge is 0.497 e. The van der Waals surface area contributed by atoms with E-state index in [4.69, 9.17) is 9.47 Å². The van der Waals surface area contributed by atoms with Crippen molar-refractivity contribution in [3.05, 3.63) is 47.0 Å². The fourth-order valence-electron chi connectivity index (χ4n) is 2.40. The molecule has 1 aliphatic heterocycles. The van der Waals surface area contributed by atoms with Gasteiger partial charge in [0.2, 0.25) is 0 Å². The van der Waals surface area contributed by atoms with Crippen molar-refractivity contribution in [2.75, 3.05) is 18.0 Å². The van der Waals surface area contributed by atoms with Crippen molar-refractivity contribution in [2.45, 2.75) is 11.1 Å². The Bertz CT molecular complexity index is 914. The number of rotatable bonds is 4. The molecule has 0 amide bonds. The number of carbonyl (C=O) groups is 1. The van der Waals surface area contributed by atoms with E-state index in [1.165, 1.54) is 13.2 Å². The molecule has 0 fully saturated rings. The summed E-state index contributed by atoms with van der Waals surface area (Å²) in [6.07, 6.45) is 1.53. The Hall–Kier alpha value is -2.32. The second-order valence-electron chi connectivity index (χ2n) is 4.88. The summed E-state index contributed by atoms with van der Waals surface area (Å²) in [6, 6.07) is 8.19. The third kappa shape index (κ3) is 2.67. The van der Waals surface area contributed by atoms with Gasteiger partial charge in [-0.05, 0) is 36.6 Å². The van der Waals surface area contributed by atoms with Crippen molar-refractivity contribution in [3.63, 3.8) is 0 Å². The molecule has 2 aromatic rings. The minimum atomic E-state index is -3.90. The second kappa shape index (κ2) is 6.29. The van der Waals surface area contributed by atoms with Gasteiger partial charge < -0.3 is 9.47 Å². The lowest BCUT2D eigenvalue weighted by atomic mass is 10.2. The molecule has 0 bridgehead atoms. The van der Waals surface area contributed by atoms with E-state index in [0.717, 1.165) is 15.6 Å². The number of ether oxygens (including phenoxy) is 2. The summed E-state index contributed by atoms with van der Waals surface area (Å²) in [7, 11) is -2.41. The zero-order valence-electron chi connectivity index (χ0n) is 13.1. The van der Waals surface area contributed by atoms with Gasteiger partial charge in [0, 0.05) is 11.6 Å².